The van der Waals surface area contributed by atoms with Gasteiger partial charge in [0.15, 0.2) is 0 Å². The maximum atomic E-state index is 2.55. The third-order valence-electron chi connectivity index (χ3n) is 7.52. The number of hydrogen-bond donors (Lipinski definition) is 0. The summed E-state index contributed by atoms with van der Waals surface area (Å²) in [7, 11) is 0. The Morgan fingerprint density at radius 1 is 0.926 bits per heavy atom. The van der Waals surface area contributed by atoms with Crippen molar-refractivity contribution in [2.24, 2.45) is 17.8 Å². The largest absolute Gasteiger partial charge is 0.0804 e. The van der Waals surface area contributed by atoms with Crippen molar-refractivity contribution in [3.05, 3.63) is 41.5 Å². The lowest BCUT2D eigenvalue weighted by Gasteiger charge is -2.29. The van der Waals surface area contributed by atoms with Crippen molar-refractivity contribution in [3.8, 4) is 0 Å². The fourth-order valence-electron chi connectivity index (χ4n) is 5.35. The van der Waals surface area contributed by atoms with Gasteiger partial charge in [0.1, 0.15) is 0 Å². The van der Waals surface area contributed by atoms with Crippen LogP contribution >= 0.6 is 0 Å². The molecule has 27 heavy (non-hydrogen) atoms. The van der Waals surface area contributed by atoms with Crippen LogP contribution in [0.3, 0.4) is 0 Å². The van der Waals surface area contributed by atoms with Crippen LogP contribution in [0.15, 0.2) is 30.3 Å². The van der Waals surface area contributed by atoms with Crippen LogP contribution in [0, 0.1) is 17.8 Å². The van der Waals surface area contributed by atoms with Crippen LogP contribution in [0.4, 0.5) is 0 Å². The number of benzene rings is 1. The molecule has 2 aliphatic carbocycles. The molecule has 1 saturated carbocycles. The van der Waals surface area contributed by atoms with Crippen LogP contribution in [-0.2, 0) is 0 Å². The molecular weight excluding hydrogens is 324 g/mol. The summed E-state index contributed by atoms with van der Waals surface area (Å²) in [6.07, 6.45) is 19.2. The molecule has 0 saturated heterocycles. The van der Waals surface area contributed by atoms with Crippen molar-refractivity contribution in [1.29, 1.82) is 0 Å². The highest BCUT2D eigenvalue weighted by molar-refractivity contribution is 5.66. The van der Waals surface area contributed by atoms with E-state index in [1.807, 2.05) is 0 Å². The number of rotatable bonds is 8. The monoisotopic (exact) mass is 366 g/mol. The lowest BCUT2D eigenvalue weighted by Crippen LogP contribution is -2.13. The van der Waals surface area contributed by atoms with E-state index in [-0.39, 0.29) is 0 Å². The zero-order valence-corrected chi connectivity index (χ0v) is 18.2. The Bertz CT molecular complexity index is 571. The molecule has 0 nitrogen and oxygen atoms in total. The van der Waals surface area contributed by atoms with Crippen LogP contribution < -0.4 is 0 Å². The van der Waals surface area contributed by atoms with E-state index >= 15 is 0 Å². The summed E-state index contributed by atoms with van der Waals surface area (Å²) in [6.45, 7) is 7.06. The average Bonchev–Trinajstić information content (AvgIpc) is 2.73. The molecule has 1 aromatic carbocycles. The molecule has 0 heterocycles. The number of hydrogen-bond acceptors (Lipinski definition) is 0. The van der Waals surface area contributed by atoms with Gasteiger partial charge in [0.25, 0.3) is 0 Å². The summed E-state index contributed by atoms with van der Waals surface area (Å²) in [5.41, 5.74) is 4.68. The highest BCUT2D eigenvalue weighted by Gasteiger charge is 2.22. The number of unbranched alkanes of at least 4 members (excludes halogenated alkanes) is 1. The summed E-state index contributed by atoms with van der Waals surface area (Å²) in [6, 6.07) is 9.72. The summed E-state index contributed by atoms with van der Waals surface area (Å²) >= 11 is 0. The van der Waals surface area contributed by atoms with Crippen LogP contribution in [0.5, 0.6) is 0 Å². The molecule has 0 spiro atoms. The Hall–Kier alpha value is -1.04. The van der Waals surface area contributed by atoms with E-state index < -0.39 is 0 Å². The first-order chi connectivity index (χ1) is 13.2. The first kappa shape index (κ1) is 20.7. The summed E-state index contributed by atoms with van der Waals surface area (Å²) in [5, 5.41) is 0. The topological polar surface area (TPSA) is 0 Å². The van der Waals surface area contributed by atoms with Gasteiger partial charge in [-0.05, 0) is 91.7 Å². The standard InChI is InChI=1S/C27H42/c1-4-6-7-22-8-12-24(13-9-22)26-16-18-27(19-17-26)25-14-10-23(11-15-25)20-21(3)5-2/h14,16-19,21-24H,4-13,15,20H2,1-3H3/t21?,22-,23?,24-. The van der Waals surface area contributed by atoms with E-state index in [9.17, 15) is 0 Å². The van der Waals surface area contributed by atoms with E-state index in [1.54, 1.807) is 11.1 Å². The van der Waals surface area contributed by atoms with Gasteiger partial charge in [-0.3, -0.25) is 0 Å². The molecule has 0 N–H and O–H groups in total. The molecule has 1 fully saturated rings. The summed E-state index contributed by atoms with van der Waals surface area (Å²) in [4.78, 5) is 0. The Kier molecular flexibility index (Phi) is 8.04. The maximum Gasteiger partial charge on any atom is -0.0162 e. The summed E-state index contributed by atoms with van der Waals surface area (Å²) < 4.78 is 0. The van der Waals surface area contributed by atoms with Crippen molar-refractivity contribution in [2.45, 2.75) is 104 Å². The second kappa shape index (κ2) is 10.5. The maximum absolute atomic E-state index is 2.55. The van der Waals surface area contributed by atoms with Gasteiger partial charge in [0, 0.05) is 0 Å². The van der Waals surface area contributed by atoms with Crippen molar-refractivity contribution in [2.75, 3.05) is 0 Å². The average molecular weight is 367 g/mol. The van der Waals surface area contributed by atoms with Gasteiger partial charge >= 0.3 is 0 Å². The predicted octanol–water partition coefficient (Wildman–Crippen LogP) is 8.77. The fourth-order valence-corrected chi connectivity index (χ4v) is 5.35. The third kappa shape index (κ3) is 5.97. The smallest absolute Gasteiger partial charge is 0.0162 e. The van der Waals surface area contributed by atoms with Crippen molar-refractivity contribution in [3.63, 3.8) is 0 Å². The molecule has 0 radical (unpaired) electrons. The SMILES string of the molecule is CCCC[C@H]1CC[C@H](c2ccc(C3=CCC(CC(C)CC)CC3)cc2)CC1. The van der Waals surface area contributed by atoms with Gasteiger partial charge in [0.05, 0.1) is 0 Å². The van der Waals surface area contributed by atoms with Gasteiger partial charge in [0.2, 0.25) is 0 Å². The zero-order valence-electron chi connectivity index (χ0n) is 18.2. The minimum atomic E-state index is 0.817. The van der Waals surface area contributed by atoms with Crippen LogP contribution in [0.25, 0.3) is 5.57 Å². The van der Waals surface area contributed by atoms with Crippen molar-refractivity contribution >= 4 is 5.57 Å². The highest BCUT2D eigenvalue weighted by atomic mass is 14.3. The fraction of sp³-hybridized carbons (Fsp3) is 0.704. The quantitative estimate of drug-likeness (QED) is 0.431. The zero-order chi connectivity index (χ0) is 19.1. The number of allylic oxidation sites excluding steroid dienone is 2. The van der Waals surface area contributed by atoms with E-state index in [2.05, 4.69) is 51.1 Å². The molecule has 2 unspecified atom stereocenters. The molecule has 0 heteroatoms. The first-order valence-electron chi connectivity index (χ1n) is 12.0. The lowest BCUT2D eigenvalue weighted by molar-refractivity contribution is 0.304. The Labute approximate surface area is 168 Å². The Morgan fingerprint density at radius 2 is 1.67 bits per heavy atom. The normalized spacial score (nSPS) is 27.2. The summed E-state index contributed by atoms with van der Waals surface area (Å²) in [5.74, 6) is 3.64. The molecular formula is C27H42. The Morgan fingerprint density at radius 3 is 2.26 bits per heavy atom. The lowest BCUT2D eigenvalue weighted by atomic mass is 9.76. The van der Waals surface area contributed by atoms with E-state index in [1.165, 1.54) is 82.6 Å². The van der Waals surface area contributed by atoms with Crippen LogP contribution in [0.1, 0.15) is 115 Å². The molecule has 0 amide bonds. The third-order valence-corrected chi connectivity index (χ3v) is 7.52. The molecule has 0 bridgehead atoms. The molecule has 150 valence electrons. The predicted molar refractivity (Wildman–Crippen MR) is 120 cm³/mol. The Balaban J connectivity index is 1.51. The molecule has 2 atom stereocenters. The van der Waals surface area contributed by atoms with E-state index in [4.69, 9.17) is 0 Å². The first-order valence-corrected chi connectivity index (χ1v) is 12.0. The van der Waals surface area contributed by atoms with Crippen LogP contribution in [0.2, 0.25) is 0 Å². The molecule has 3 rings (SSSR count). The van der Waals surface area contributed by atoms with E-state index in [0.29, 0.717) is 0 Å². The minimum absolute atomic E-state index is 0.817. The van der Waals surface area contributed by atoms with Gasteiger partial charge in [-0.1, -0.05) is 76.8 Å². The molecule has 2 aliphatic rings. The molecule has 0 aliphatic heterocycles. The van der Waals surface area contributed by atoms with Gasteiger partial charge in [-0.2, -0.15) is 0 Å². The highest BCUT2D eigenvalue weighted by Crippen LogP contribution is 2.39. The van der Waals surface area contributed by atoms with Crippen LogP contribution in [-0.4, -0.2) is 0 Å². The second-order valence-electron chi connectivity index (χ2n) is 9.60. The van der Waals surface area contributed by atoms with Crippen molar-refractivity contribution < 1.29 is 0 Å². The van der Waals surface area contributed by atoms with Gasteiger partial charge in [-0.15, -0.1) is 0 Å². The van der Waals surface area contributed by atoms with Gasteiger partial charge < -0.3 is 0 Å². The van der Waals surface area contributed by atoms with E-state index in [0.717, 1.165) is 23.7 Å². The van der Waals surface area contributed by atoms with Crippen molar-refractivity contribution in [1.82, 2.24) is 0 Å². The molecule has 1 aromatic rings. The minimum Gasteiger partial charge on any atom is -0.0804 e. The van der Waals surface area contributed by atoms with Gasteiger partial charge in [-0.25, -0.2) is 0 Å². The second-order valence-corrected chi connectivity index (χ2v) is 9.60. The molecule has 0 aromatic heterocycles.